The maximum absolute atomic E-state index is 6.35. The van der Waals surface area contributed by atoms with E-state index in [1.54, 1.807) is 0 Å². The normalized spacial score (nSPS) is 21.3. The van der Waals surface area contributed by atoms with Crippen molar-refractivity contribution in [2.45, 2.75) is 65.2 Å². The monoisotopic (exact) mass is 324 g/mol. The zero-order valence-corrected chi connectivity index (χ0v) is 15.2. The summed E-state index contributed by atoms with van der Waals surface area (Å²) in [4.78, 5) is 0. The Morgan fingerprint density at radius 3 is 2.50 bits per heavy atom. The van der Waals surface area contributed by atoms with Gasteiger partial charge in [-0.1, -0.05) is 23.8 Å². The van der Waals surface area contributed by atoms with E-state index < -0.39 is 0 Å². The molecule has 4 nitrogen and oxygen atoms in total. The van der Waals surface area contributed by atoms with E-state index in [4.69, 9.17) is 14.4 Å². The minimum absolute atomic E-state index is 0.338. The van der Waals surface area contributed by atoms with Crippen molar-refractivity contribution in [1.29, 1.82) is 0 Å². The predicted molar refractivity (Wildman–Crippen MR) is 96.4 cm³/mol. The van der Waals surface area contributed by atoms with Crippen LogP contribution in [0.4, 0.5) is 0 Å². The van der Waals surface area contributed by atoms with Gasteiger partial charge in [0.15, 0.2) is 0 Å². The molecular formula is C19H25BN2O2. The first-order valence-corrected chi connectivity index (χ1v) is 8.81. The quantitative estimate of drug-likeness (QED) is 0.797. The zero-order chi connectivity index (χ0) is 17.1. The molecule has 24 heavy (non-hydrogen) atoms. The Hall–Kier alpha value is -1.59. The van der Waals surface area contributed by atoms with Crippen LogP contribution >= 0.6 is 0 Å². The molecular weight excluding hydrogens is 299 g/mol. The highest BCUT2D eigenvalue weighted by Gasteiger charge is 2.53. The third kappa shape index (κ3) is 2.33. The number of benzene rings is 1. The van der Waals surface area contributed by atoms with E-state index in [2.05, 4.69) is 63.6 Å². The Morgan fingerprint density at radius 2 is 1.83 bits per heavy atom. The number of hydrogen-bond acceptors (Lipinski definition) is 3. The molecule has 0 saturated carbocycles. The fraction of sp³-hybridized carbons (Fsp3) is 0.526. The van der Waals surface area contributed by atoms with Crippen LogP contribution < -0.4 is 5.46 Å². The average molecular weight is 324 g/mol. The first-order valence-electron chi connectivity index (χ1n) is 8.81. The van der Waals surface area contributed by atoms with Crippen molar-refractivity contribution in [3.8, 4) is 11.3 Å². The summed E-state index contributed by atoms with van der Waals surface area (Å²) in [7, 11) is -0.354. The van der Waals surface area contributed by atoms with Crippen LogP contribution in [0.3, 0.4) is 0 Å². The summed E-state index contributed by atoms with van der Waals surface area (Å²) < 4.78 is 14.8. The van der Waals surface area contributed by atoms with Crippen molar-refractivity contribution < 1.29 is 9.31 Å². The zero-order valence-electron chi connectivity index (χ0n) is 15.2. The Bertz CT molecular complexity index is 779. The highest BCUT2D eigenvalue weighted by molar-refractivity contribution is 6.64. The molecule has 1 saturated heterocycles. The minimum atomic E-state index is -0.354. The summed E-state index contributed by atoms with van der Waals surface area (Å²) in [6.45, 7) is 11.5. The van der Waals surface area contributed by atoms with Crippen LogP contribution in [-0.4, -0.2) is 28.1 Å². The van der Waals surface area contributed by atoms with Crippen molar-refractivity contribution in [2.24, 2.45) is 0 Å². The van der Waals surface area contributed by atoms with Gasteiger partial charge in [0.1, 0.15) is 0 Å². The number of rotatable bonds is 2. The van der Waals surface area contributed by atoms with E-state index in [0.29, 0.717) is 0 Å². The van der Waals surface area contributed by atoms with Crippen LogP contribution in [0, 0.1) is 6.92 Å². The van der Waals surface area contributed by atoms with Crippen LogP contribution in [0.1, 0.15) is 45.4 Å². The average Bonchev–Trinajstić information content (AvgIpc) is 3.10. The van der Waals surface area contributed by atoms with Gasteiger partial charge in [0.2, 0.25) is 0 Å². The van der Waals surface area contributed by atoms with E-state index in [1.807, 2.05) is 0 Å². The van der Waals surface area contributed by atoms with Crippen molar-refractivity contribution in [3.05, 3.63) is 35.5 Å². The van der Waals surface area contributed by atoms with Crippen molar-refractivity contribution in [2.75, 3.05) is 0 Å². The molecule has 126 valence electrons. The van der Waals surface area contributed by atoms with Gasteiger partial charge in [-0.25, -0.2) is 0 Å². The second kappa shape index (κ2) is 5.20. The Kier molecular flexibility index (Phi) is 3.45. The van der Waals surface area contributed by atoms with Crippen LogP contribution in [0.15, 0.2) is 24.3 Å². The number of aryl methyl sites for hydroxylation is 2. The number of hydrogen-bond donors (Lipinski definition) is 0. The summed E-state index contributed by atoms with van der Waals surface area (Å²) in [5.74, 6) is 0. The van der Waals surface area contributed by atoms with E-state index in [1.165, 1.54) is 11.3 Å². The molecule has 2 aliphatic rings. The van der Waals surface area contributed by atoms with E-state index >= 15 is 0 Å². The molecule has 0 bridgehead atoms. The predicted octanol–water partition coefficient (Wildman–Crippen LogP) is 3.10. The maximum atomic E-state index is 6.35. The summed E-state index contributed by atoms with van der Waals surface area (Å²) in [5.41, 5.74) is 5.10. The molecule has 1 aromatic carbocycles. The molecule has 0 amide bonds. The number of aromatic nitrogens is 2. The van der Waals surface area contributed by atoms with Gasteiger partial charge in [-0.2, -0.15) is 5.10 Å². The second-order valence-electron chi connectivity index (χ2n) is 7.99. The molecule has 0 N–H and O–H groups in total. The molecule has 0 atom stereocenters. The first-order chi connectivity index (χ1) is 11.3. The molecule has 0 spiro atoms. The largest absolute Gasteiger partial charge is 0.499 e. The molecule has 0 radical (unpaired) electrons. The van der Waals surface area contributed by atoms with E-state index in [0.717, 1.165) is 36.1 Å². The summed E-state index contributed by atoms with van der Waals surface area (Å²) in [6.07, 6.45) is 2.18. The topological polar surface area (TPSA) is 36.3 Å². The van der Waals surface area contributed by atoms with Crippen LogP contribution in [0.5, 0.6) is 0 Å². The summed E-state index contributed by atoms with van der Waals surface area (Å²) in [5, 5.41) is 4.90. The number of fused-ring (bicyclic) bond motifs is 1. The Labute approximate surface area is 144 Å². The molecule has 2 aromatic rings. The smallest absolute Gasteiger partial charge is 0.399 e. The highest BCUT2D eigenvalue weighted by Crippen LogP contribution is 2.38. The first kappa shape index (κ1) is 15.9. The molecule has 3 heterocycles. The van der Waals surface area contributed by atoms with Crippen molar-refractivity contribution in [3.63, 3.8) is 0 Å². The molecule has 4 rings (SSSR count). The lowest BCUT2D eigenvalue weighted by atomic mass is 9.75. The standard InChI is InChI=1S/C19H25BN2O2/c1-13-8-6-9-14(12-13)17-16(15-10-7-11-22(15)21-17)20-23-18(2,3)19(4,5)24-20/h6,8-9,12H,7,10-11H2,1-5H3. The molecule has 2 aliphatic heterocycles. The van der Waals surface area contributed by atoms with Gasteiger partial charge in [0.25, 0.3) is 0 Å². The van der Waals surface area contributed by atoms with Crippen LogP contribution in [0.25, 0.3) is 11.3 Å². The Balaban J connectivity index is 1.84. The molecule has 1 aromatic heterocycles. The molecule has 0 unspecified atom stereocenters. The van der Waals surface area contributed by atoms with Gasteiger partial charge in [-0.15, -0.1) is 0 Å². The fourth-order valence-corrected chi connectivity index (χ4v) is 3.57. The van der Waals surface area contributed by atoms with Crippen LogP contribution in [0.2, 0.25) is 0 Å². The fourth-order valence-electron chi connectivity index (χ4n) is 3.57. The highest BCUT2D eigenvalue weighted by atomic mass is 16.7. The SMILES string of the molecule is Cc1cccc(-c2nn3c(c2B2OC(C)(C)C(C)(C)O2)CCC3)c1. The van der Waals surface area contributed by atoms with Gasteiger partial charge >= 0.3 is 7.12 Å². The van der Waals surface area contributed by atoms with Gasteiger partial charge in [0.05, 0.1) is 16.9 Å². The van der Waals surface area contributed by atoms with Gasteiger partial charge in [-0.3, -0.25) is 4.68 Å². The van der Waals surface area contributed by atoms with Crippen molar-refractivity contribution in [1.82, 2.24) is 9.78 Å². The summed E-state index contributed by atoms with van der Waals surface area (Å²) in [6, 6.07) is 8.51. The second-order valence-corrected chi connectivity index (χ2v) is 7.99. The lowest BCUT2D eigenvalue weighted by Crippen LogP contribution is -2.41. The lowest BCUT2D eigenvalue weighted by Gasteiger charge is -2.32. The number of nitrogens with zero attached hydrogens (tertiary/aromatic N) is 2. The third-order valence-electron chi connectivity index (χ3n) is 5.66. The van der Waals surface area contributed by atoms with Gasteiger partial charge < -0.3 is 9.31 Å². The van der Waals surface area contributed by atoms with Crippen LogP contribution in [-0.2, 0) is 22.3 Å². The van der Waals surface area contributed by atoms with Gasteiger partial charge in [-0.05, 0) is 53.5 Å². The van der Waals surface area contributed by atoms with E-state index in [9.17, 15) is 0 Å². The van der Waals surface area contributed by atoms with E-state index in [-0.39, 0.29) is 18.3 Å². The third-order valence-corrected chi connectivity index (χ3v) is 5.66. The van der Waals surface area contributed by atoms with Crippen molar-refractivity contribution >= 4 is 12.6 Å². The molecule has 5 heteroatoms. The maximum Gasteiger partial charge on any atom is 0.499 e. The lowest BCUT2D eigenvalue weighted by molar-refractivity contribution is 0.00578. The minimum Gasteiger partial charge on any atom is -0.399 e. The molecule has 1 fully saturated rings. The Morgan fingerprint density at radius 1 is 1.12 bits per heavy atom. The molecule has 0 aliphatic carbocycles. The van der Waals surface area contributed by atoms with Gasteiger partial charge in [0, 0.05) is 23.3 Å². The summed E-state index contributed by atoms with van der Waals surface area (Å²) >= 11 is 0.